The average Bonchev–Trinajstić information content (AvgIpc) is 2.95. The first kappa shape index (κ1) is 22.6. The van der Waals surface area contributed by atoms with Crippen LogP contribution in [0.4, 0.5) is 0 Å². The summed E-state index contributed by atoms with van der Waals surface area (Å²) in [6.45, 7) is 4.18. The molecule has 1 saturated heterocycles. The van der Waals surface area contributed by atoms with Gasteiger partial charge in [-0.05, 0) is 19.3 Å². The number of hydrogen-bond acceptors (Lipinski definition) is 5. The second-order valence-corrected chi connectivity index (χ2v) is 7.06. The molecule has 1 aliphatic rings. The van der Waals surface area contributed by atoms with E-state index < -0.39 is 24.4 Å². The van der Waals surface area contributed by atoms with Crippen molar-refractivity contribution in [2.45, 2.75) is 95.0 Å². The van der Waals surface area contributed by atoms with E-state index in [0.29, 0.717) is 6.61 Å². The van der Waals surface area contributed by atoms with E-state index in [1.54, 1.807) is 0 Å². The van der Waals surface area contributed by atoms with Crippen LogP contribution in [0.15, 0.2) is 12.7 Å². The summed E-state index contributed by atoms with van der Waals surface area (Å²) < 4.78 is 10.9. The zero-order valence-electron chi connectivity index (χ0n) is 15.7. The van der Waals surface area contributed by atoms with Crippen molar-refractivity contribution in [1.82, 2.24) is 0 Å². The minimum atomic E-state index is -0.978. The van der Waals surface area contributed by atoms with Gasteiger partial charge in [0.15, 0.2) is 0 Å². The first-order valence-corrected chi connectivity index (χ1v) is 10.0. The Morgan fingerprint density at radius 1 is 0.960 bits per heavy atom. The molecular formula is C20H38O5. The van der Waals surface area contributed by atoms with E-state index in [4.69, 9.17) is 9.47 Å². The Morgan fingerprint density at radius 2 is 1.52 bits per heavy atom. The van der Waals surface area contributed by atoms with E-state index in [1.807, 2.05) is 6.08 Å². The van der Waals surface area contributed by atoms with Gasteiger partial charge >= 0.3 is 0 Å². The predicted octanol–water partition coefficient (Wildman–Crippen LogP) is 2.96. The maximum atomic E-state index is 9.79. The van der Waals surface area contributed by atoms with Gasteiger partial charge in [0, 0.05) is 6.61 Å². The molecule has 148 valence electrons. The zero-order chi connectivity index (χ0) is 18.3. The maximum absolute atomic E-state index is 9.79. The first-order valence-electron chi connectivity index (χ1n) is 10.0. The van der Waals surface area contributed by atoms with Gasteiger partial charge in [0.1, 0.15) is 24.4 Å². The van der Waals surface area contributed by atoms with Crippen molar-refractivity contribution in [1.29, 1.82) is 0 Å². The van der Waals surface area contributed by atoms with Crippen molar-refractivity contribution < 1.29 is 24.8 Å². The van der Waals surface area contributed by atoms with Gasteiger partial charge in [-0.15, -0.1) is 6.58 Å². The second kappa shape index (κ2) is 14.7. The molecular weight excluding hydrogens is 320 g/mol. The zero-order valence-corrected chi connectivity index (χ0v) is 15.7. The molecule has 25 heavy (non-hydrogen) atoms. The normalized spacial score (nSPS) is 24.5. The topological polar surface area (TPSA) is 79.2 Å². The fourth-order valence-corrected chi connectivity index (χ4v) is 3.24. The first-order chi connectivity index (χ1) is 12.2. The van der Waals surface area contributed by atoms with Crippen LogP contribution in [0.1, 0.15) is 70.6 Å². The van der Waals surface area contributed by atoms with Gasteiger partial charge in [0.05, 0.1) is 13.2 Å². The Labute approximate surface area is 153 Å². The van der Waals surface area contributed by atoms with Crippen LogP contribution < -0.4 is 0 Å². The van der Waals surface area contributed by atoms with Gasteiger partial charge in [0.2, 0.25) is 0 Å². The van der Waals surface area contributed by atoms with E-state index >= 15 is 0 Å². The van der Waals surface area contributed by atoms with Crippen molar-refractivity contribution in [3.8, 4) is 0 Å². The lowest BCUT2D eigenvalue weighted by molar-refractivity contribution is -0.101. The minimum absolute atomic E-state index is 0.0972. The number of ether oxygens (including phenoxy) is 2. The van der Waals surface area contributed by atoms with E-state index in [2.05, 4.69) is 6.58 Å². The largest absolute Gasteiger partial charge is 0.394 e. The van der Waals surface area contributed by atoms with Gasteiger partial charge < -0.3 is 24.8 Å². The molecule has 0 aromatic rings. The summed E-state index contributed by atoms with van der Waals surface area (Å²) in [7, 11) is 0. The lowest BCUT2D eigenvalue weighted by Gasteiger charge is -2.24. The molecule has 1 aliphatic heterocycles. The van der Waals surface area contributed by atoms with E-state index in [1.165, 1.54) is 51.4 Å². The van der Waals surface area contributed by atoms with Crippen molar-refractivity contribution >= 4 is 0 Å². The molecule has 0 radical (unpaired) electrons. The molecule has 0 spiro atoms. The number of aliphatic hydroxyl groups excluding tert-OH is 3. The third kappa shape index (κ3) is 9.71. The van der Waals surface area contributed by atoms with E-state index in [-0.39, 0.29) is 13.2 Å². The van der Waals surface area contributed by atoms with Gasteiger partial charge in [0.25, 0.3) is 0 Å². The summed E-state index contributed by atoms with van der Waals surface area (Å²) in [5.41, 5.74) is 0. The molecule has 0 bridgehead atoms. The Bertz CT molecular complexity index is 323. The van der Waals surface area contributed by atoms with Gasteiger partial charge in [-0.1, -0.05) is 57.4 Å². The third-order valence-corrected chi connectivity index (χ3v) is 4.87. The standard InChI is InChI=1S/C20H38O5/c1-2-3-4-5-6-7-8-9-10-11-12-13-14-24-18(15-21)20-19(23)17(22)16-25-20/h2,17-23H,1,3-16H2/t17-,18+,19-,20-/m1/s1. The lowest BCUT2D eigenvalue weighted by atomic mass is 10.1. The molecule has 1 heterocycles. The van der Waals surface area contributed by atoms with Crippen LogP contribution in [0.25, 0.3) is 0 Å². The van der Waals surface area contributed by atoms with Crippen LogP contribution in [-0.2, 0) is 9.47 Å². The summed E-state index contributed by atoms with van der Waals surface area (Å²) in [6, 6.07) is 0. The quantitative estimate of drug-likeness (QED) is 0.292. The number of unbranched alkanes of at least 4 members (excludes halogenated alkanes) is 10. The van der Waals surface area contributed by atoms with Gasteiger partial charge in [-0.25, -0.2) is 0 Å². The van der Waals surface area contributed by atoms with E-state index in [0.717, 1.165) is 19.3 Å². The Balaban J connectivity index is 1.90. The van der Waals surface area contributed by atoms with Crippen molar-refractivity contribution in [2.75, 3.05) is 19.8 Å². The third-order valence-electron chi connectivity index (χ3n) is 4.87. The van der Waals surface area contributed by atoms with Crippen molar-refractivity contribution in [3.05, 3.63) is 12.7 Å². The highest BCUT2D eigenvalue weighted by Crippen LogP contribution is 2.20. The predicted molar refractivity (Wildman–Crippen MR) is 99.6 cm³/mol. The van der Waals surface area contributed by atoms with Crippen molar-refractivity contribution in [3.63, 3.8) is 0 Å². The molecule has 5 heteroatoms. The molecule has 4 atom stereocenters. The van der Waals surface area contributed by atoms with Crippen LogP contribution >= 0.6 is 0 Å². The summed E-state index contributed by atoms with van der Waals surface area (Å²) >= 11 is 0. The lowest BCUT2D eigenvalue weighted by Crippen LogP contribution is -2.42. The highest BCUT2D eigenvalue weighted by Gasteiger charge is 2.40. The summed E-state index contributed by atoms with van der Waals surface area (Å²) in [4.78, 5) is 0. The molecule has 5 nitrogen and oxygen atoms in total. The molecule has 0 aromatic heterocycles. The monoisotopic (exact) mass is 358 g/mol. The fraction of sp³-hybridized carbons (Fsp3) is 0.900. The Morgan fingerprint density at radius 3 is 2.00 bits per heavy atom. The van der Waals surface area contributed by atoms with Gasteiger partial charge in [-0.3, -0.25) is 0 Å². The summed E-state index contributed by atoms with van der Waals surface area (Å²) in [6.07, 6.45) is 12.6. The van der Waals surface area contributed by atoms with Gasteiger partial charge in [-0.2, -0.15) is 0 Å². The number of allylic oxidation sites excluding steroid dienone is 1. The van der Waals surface area contributed by atoms with Crippen LogP contribution in [0.3, 0.4) is 0 Å². The Kier molecular flexibility index (Phi) is 13.3. The summed E-state index contributed by atoms with van der Waals surface area (Å²) in [5.74, 6) is 0. The van der Waals surface area contributed by atoms with Crippen LogP contribution in [-0.4, -0.2) is 59.6 Å². The Hall–Kier alpha value is -0.460. The molecule has 0 aromatic carbocycles. The molecule has 3 N–H and O–H groups in total. The molecule has 1 rings (SSSR count). The van der Waals surface area contributed by atoms with Crippen LogP contribution in [0.5, 0.6) is 0 Å². The second-order valence-electron chi connectivity index (χ2n) is 7.06. The van der Waals surface area contributed by atoms with Crippen LogP contribution in [0, 0.1) is 0 Å². The number of aliphatic hydroxyl groups is 3. The molecule has 0 aliphatic carbocycles. The summed E-state index contributed by atoms with van der Waals surface area (Å²) in [5, 5.41) is 28.7. The smallest absolute Gasteiger partial charge is 0.114 e. The maximum Gasteiger partial charge on any atom is 0.114 e. The minimum Gasteiger partial charge on any atom is -0.394 e. The van der Waals surface area contributed by atoms with Crippen LogP contribution in [0.2, 0.25) is 0 Å². The number of rotatable bonds is 16. The highest BCUT2D eigenvalue weighted by molar-refractivity contribution is 4.88. The molecule has 0 saturated carbocycles. The van der Waals surface area contributed by atoms with E-state index in [9.17, 15) is 15.3 Å². The number of hydrogen-bond donors (Lipinski definition) is 3. The molecule has 0 unspecified atom stereocenters. The van der Waals surface area contributed by atoms with Crippen molar-refractivity contribution in [2.24, 2.45) is 0 Å². The molecule has 1 fully saturated rings. The highest BCUT2D eigenvalue weighted by atomic mass is 16.6. The fourth-order valence-electron chi connectivity index (χ4n) is 3.24. The SMILES string of the molecule is C=CCCCCCCCCCCCCO[C@@H](CO)[C@H]1OC[C@@H](O)[C@H]1O. The molecule has 0 amide bonds. The average molecular weight is 359 g/mol.